The molecule has 0 saturated heterocycles. The van der Waals surface area contributed by atoms with Crippen LogP contribution in [0.15, 0.2) is 47.6 Å². The number of aromatic nitrogens is 3. The molecule has 1 atom stereocenters. The number of nitrogens with one attached hydrogen (secondary N) is 1. The number of aryl methyl sites for hydroxylation is 2. The van der Waals surface area contributed by atoms with Crippen LogP contribution in [0.2, 0.25) is 0 Å². The standard InChI is InChI=1S/C23H28N4O3S/c1-6-27-22(17(4)30-19-12-10-18(29-5)11-13-19)25-26-23(27)31-14-20(28)24-21-15(2)8-7-9-16(21)3/h7-13,17H,6,14H2,1-5H3,(H,24,28). The normalized spacial score (nSPS) is 11.8. The maximum atomic E-state index is 12.5. The number of para-hydroxylation sites is 1. The van der Waals surface area contributed by atoms with Gasteiger partial charge in [-0.15, -0.1) is 10.2 Å². The van der Waals surface area contributed by atoms with Gasteiger partial charge in [-0.2, -0.15) is 0 Å². The van der Waals surface area contributed by atoms with Crippen molar-refractivity contribution in [2.75, 3.05) is 18.2 Å². The smallest absolute Gasteiger partial charge is 0.234 e. The molecule has 1 aromatic heterocycles. The van der Waals surface area contributed by atoms with Crippen molar-refractivity contribution in [2.45, 2.75) is 45.5 Å². The van der Waals surface area contributed by atoms with Crippen LogP contribution in [0.4, 0.5) is 5.69 Å². The van der Waals surface area contributed by atoms with Crippen molar-refractivity contribution in [1.82, 2.24) is 14.8 Å². The van der Waals surface area contributed by atoms with E-state index in [4.69, 9.17) is 9.47 Å². The number of methoxy groups -OCH3 is 1. The molecular formula is C23H28N4O3S. The third kappa shape index (κ3) is 5.58. The quantitative estimate of drug-likeness (QED) is 0.482. The highest BCUT2D eigenvalue weighted by Gasteiger charge is 2.19. The zero-order valence-corrected chi connectivity index (χ0v) is 19.3. The Morgan fingerprint density at radius 1 is 1.10 bits per heavy atom. The van der Waals surface area contributed by atoms with Gasteiger partial charge in [0.1, 0.15) is 11.5 Å². The molecule has 0 fully saturated rings. The summed E-state index contributed by atoms with van der Waals surface area (Å²) >= 11 is 1.37. The van der Waals surface area contributed by atoms with E-state index in [9.17, 15) is 4.79 Å². The van der Waals surface area contributed by atoms with Gasteiger partial charge in [-0.3, -0.25) is 4.79 Å². The third-order valence-electron chi connectivity index (χ3n) is 4.88. The Hall–Kier alpha value is -3.00. The van der Waals surface area contributed by atoms with Gasteiger partial charge in [0, 0.05) is 12.2 Å². The Kier molecular flexibility index (Phi) is 7.57. The Morgan fingerprint density at radius 2 is 1.74 bits per heavy atom. The summed E-state index contributed by atoms with van der Waals surface area (Å²) in [5, 5.41) is 12.3. The number of thioether (sulfide) groups is 1. The minimum Gasteiger partial charge on any atom is -0.497 e. The van der Waals surface area contributed by atoms with Crippen LogP contribution < -0.4 is 14.8 Å². The van der Waals surface area contributed by atoms with E-state index in [0.29, 0.717) is 11.7 Å². The lowest BCUT2D eigenvalue weighted by Crippen LogP contribution is -2.16. The Balaban J connectivity index is 1.64. The molecule has 0 aliphatic carbocycles. The van der Waals surface area contributed by atoms with E-state index in [-0.39, 0.29) is 17.8 Å². The van der Waals surface area contributed by atoms with Gasteiger partial charge in [0.05, 0.1) is 12.9 Å². The maximum absolute atomic E-state index is 12.5. The maximum Gasteiger partial charge on any atom is 0.234 e. The molecule has 1 N–H and O–H groups in total. The number of carbonyl (C=O) groups is 1. The molecule has 31 heavy (non-hydrogen) atoms. The fraction of sp³-hybridized carbons (Fsp3) is 0.348. The summed E-state index contributed by atoms with van der Waals surface area (Å²) in [4.78, 5) is 12.5. The first kappa shape index (κ1) is 22.7. The van der Waals surface area contributed by atoms with Crippen LogP contribution in [-0.4, -0.2) is 33.5 Å². The minimum atomic E-state index is -0.293. The molecule has 1 amide bonds. The topological polar surface area (TPSA) is 78.3 Å². The molecule has 1 heterocycles. The van der Waals surface area contributed by atoms with Gasteiger partial charge < -0.3 is 19.4 Å². The molecule has 164 valence electrons. The van der Waals surface area contributed by atoms with Crippen molar-refractivity contribution in [3.05, 3.63) is 59.4 Å². The molecule has 0 aliphatic rings. The summed E-state index contributed by atoms with van der Waals surface area (Å²) in [5.74, 6) is 2.39. The van der Waals surface area contributed by atoms with Crippen molar-refractivity contribution in [2.24, 2.45) is 0 Å². The number of ether oxygens (including phenoxy) is 2. The molecule has 7 nitrogen and oxygen atoms in total. The average Bonchev–Trinajstić information content (AvgIpc) is 3.18. The molecule has 3 rings (SSSR count). The molecule has 0 saturated carbocycles. The predicted octanol–water partition coefficient (Wildman–Crippen LogP) is 4.79. The SMILES string of the molecule is CCn1c(SCC(=O)Nc2c(C)cccc2C)nnc1C(C)Oc1ccc(OC)cc1. The second-order valence-corrected chi connectivity index (χ2v) is 8.07. The van der Waals surface area contributed by atoms with Crippen LogP contribution in [0.5, 0.6) is 11.5 Å². The summed E-state index contributed by atoms with van der Waals surface area (Å²) in [6, 6.07) is 13.4. The molecule has 3 aromatic rings. The second-order valence-electron chi connectivity index (χ2n) is 7.12. The summed E-state index contributed by atoms with van der Waals surface area (Å²) in [7, 11) is 1.63. The van der Waals surface area contributed by atoms with Gasteiger partial charge in [0.25, 0.3) is 0 Å². The van der Waals surface area contributed by atoms with Gasteiger partial charge in [0.2, 0.25) is 5.91 Å². The van der Waals surface area contributed by atoms with Crippen LogP contribution in [0, 0.1) is 13.8 Å². The molecule has 0 bridgehead atoms. The van der Waals surface area contributed by atoms with E-state index in [1.165, 1.54) is 11.8 Å². The summed E-state index contributed by atoms with van der Waals surface area (Å²) in [6.45, 7) is 8.61. The first-order valence-corrected chi connectivity index (χ1v) is 11.1. The fourth-order valence-electron chi connectivity index (χ4n) is 3.23. The van der Waals surface area contributed by atoms with Crippen molar-refractivity contribution in [3.63, 3.8) is 0 Å². The van der Waals surface area contributed by atoms with Gasteiger partial charge in [-0.05, 0) is 63.1 Å². The van der Waals surface area contributed by atoms with Crippen molar-refractivity contribution in [3.8, 4) is 11.5 Å². The van der Waals surface area contributed by atoms with E-state index in [0.717, 1.165) is 34.1 Å². The molecular weight excluding hydrogens is 412 g/mol. The number of carbonyl (C=O) groups excluding carboxylic acids is 1. The van der Waals surface area contributed by atoms with Crippen molar-refractivity contribution < 1.29 is 14.3 Å². The Bertz CT molecular complexity index is 1010. The first-order chi connectivity index (χ1) is 14.9. The molecule has 2 aromatic carbocycles. The van der Waals surface area contributed by atoms with E-state index in [2.05, 4.69) is 15.5 Å². The fourth-order valence-corrected chi connectivity index (χ4v) is 4.04. The molecule has 0 radical (unpaired) electrons. The van der Waals surface area contributed by atoms with E-state index in [1.807, 2.05) is 74.7 Å². The van der Waals surface area contributed by atoms with E-state index in [1.54, 1.807) is 7.11 Å². The zero-order chi connectivity index (χ0) is 22.4. The van der Waals surface area contributed by atoms with Crippen LogP contribution in [0.25, 0.3) is 0 Å². The Morgan fingerprint density at radius 3 is 2.35 bits per heavy atom. The lowest BCUT2D eigenvalue weighted by molar-refractivity contribution is -0.113. The molecule has 1 unspecified atom stereocenters. The zero-order valence-electron chi connectivity index (χ0n) is 18.5. The summed E-state index contributed by atoms with van der Waals surface area (Å²) in [5.41, 5.74) is 2.95. The average molecular weight is 441 g/mol. The molecule has 0 aliphatic heterocycles. The minimum absolute atomic E-state index is 0.0721. The number of amides is 1. The molecule has 8 heteroatoms. The lowest BCUT2D eigenvalue weighted by atomic mass is 10.1. The highest BCUT2D eigenvalue weighted by molar-refractivity contribution is 7.99. The van der Waals surface area contributed by atoms with Gasteiger partial charge >= 0.3 is 0 Å². The number of nitrogens with zero attached hydrogens (tertiary/aromatic N) is 3. The van der Waals surface area contributed by atoms with Crippen LogP contribution in [-0.2, 0) is 11.3 Å². The van der Waals surface area contributed by atoms with E-state index >= 15 is 0 Å². The number of rotatable bonds is 9. The monoisotopic (exact) mass is 440 g/mol. The lowest BCUT2D eigenvalue weighted by Gasteiger charge is -2.16. The van der Waals surface area contributed by atoms with Gasteiger partial charge in [-0.25, -0.2) is 0 Å². The van der Waals surface area contributed by atoms with Gasteiger partial charge in [-0.1, -0.05) is 30.0 Å². The van der Waals surface area contributed by atoms with E-state index < -0.39 is 0 Å². The highest BCUT2D eigenvalue weighted by Crippen LogP contribution is 2.26. The first-order valence-electron chi connectivity index (χ1n) is 10.2. The highest BCUT2D eigenvalue weighted by atomic mass is 32.2. The summed E-state index contributed by atoms with van der Waals surface area (Å²) < 4.78 is 13.2. The van der Waals surface area contributed by atoms with Crippen LogP contribution >= 0.6 is 11.8 Å². The second kappa shape index (κ2) is 10.3. The molecule has 0 spiro atoms. The Labute approximate surface area is 187 Å². The van der Waals surface area contributed by atoms with Crippen LogP contribution in [0.3, 0.4) is 0 Å². The number of anilines is 1. The van der Waals surface area contributed by atoms with Crippen molar-refractivity contribution in [1.29, 1.82) is 0 Å². The number of benzene rings is 2. The summed E-state index contributed by atoms with van der Waals surface area (Å²) in [6.07, 6.45) is -0.293. The largest absolute Gasteiger partial charge is 0.497 e. The van der Waals surface area contributed by atoms with Crippen LogP contribution in [0.1, 0.15) is 36.9 Å². The third-order valence-corrected chi connectivity index (χ3v) is 5.84. The number of hydrogen-bond donors (Lipinski definition) is 1. The van der Waals surface area contributed by atoms with Crippen molar-refractivity contribution >= 4 is 23.4 Å². The predicted molar refractivity (Wildman–Crippen MR) is 123 cm³/mol. The number of hydrogen-bond acceptors (Lipinski definition) is 6. The van der Waals surface area contributed by atoms with Gasteiger partial charge in [0.15, 0.2) is 17.1 Å².